The van der Waals surface area contributed by atoms with Gasteiger partial charge in [-0.25, -0.2) is 4.79 Å². The first-order valence-corrected chi connectivity index (χ1v) is 8.02. The summed E-state index contributed by atoms with van der Waals surface area (Å²) in [5.74, 6) is 0.330. The van der Waals surface area contributed by atoms with Gasteiger partial charge < -0.3 is 14.8 Å². The van der Waals surface area contributed by atoms with Gasteiger partial charge in [0.2, 0.25) is 0 Å². The zero-order valence-corrected chi connectivity index (χ0v) is 13.6. The SMILES string of the molecule is CN1C(=O)N[C@]2(C1=O)c1cc(Br)ccc1O[C@H]1CCCOC12. The molecule has 116 valence electrons. The van der Waals surface area contributed by atoms with Crippen LogP contribution in [0, 0.1) is 0 Å². The standard InChI is InChI=1S/C15H15BrN2O4/c1-18-13(19)15(17-14(18)20)9-7-8(16)4-5-10(9)22-11-3-2-6-21-12(11)15/h4-5,7,11-12H,2-3,6H2,1H3,(H,17,20)/t11-,12?,15+/m0/s1. The van der Waals surface area contributed by atoms with Crippen molar-refractivity contribution in [3.05, 3.63) is 28.2 Å². The molecule has 0 radical (unpaired) electrons. The first-order chi connectivity index (χ1) is 10.5. The van der Waals surface area contributed by atoms with Crippen molar-refractivity contribution in [3.8, 4) is 5.75 Å². The van der Waals surface area contributed by atoms with E-state index in [1.807, 2.05) is 18.2 Å². The number of likely N-dealkylation sites (N-methyl/N-ethyl adjacent to an activating group) is 1. The number of rotatable bonds is 0. The molecule has 3 heterocycles. The van der Waals surface area contributed by atoms with E-state index in [0.29, 0.717) is 17.9 Å². The summed E-state index contributed by atoms with van der Waals surface area (Å²) in [6.45, 7) is 0.558. The number of benzene rings is 1. The Morgan fingerprint density at radius 3 is 2.95 bits per heavy atom. The fourth-order valence-corrected chi connectivity index (χ4v) is 3.91. The summed E-state index contributed by atoms with van der Waals surface area (Å²) in [4.78, 5) is 26.1. The molecule has 7 heteroatoms. The van der Waals surface area contributed by atoms with Crippen molar-refractivity contribution in [1.82, 2.24) is 10.2 Å². The van der Waals surface area contributed by atoms with Crippen molar-refractivity contribution in [1.29, 1.82) is 0 Å². The number of amides is 3. The fraction of sp³-hybridized carbons (Fsp3) is 0.467. The molecule has 0 aliphatic carbocycles. The number of urea groups is 1. The molecule has 2 fully saturated rings. The lowest BCUT2D eigenvalue weighted by Gasteiger charge is -2.46. The summed E-state index contributed by atoms with van der Waals surface area (Å²) >= 11 is 3.43. The van der Waals surface area contributed by atoms with Gasteiger partial charge in [-0.3, -0.25) is 9.69 Å². The van der Waals surface area contributed by atoms with E-state index in [0.717, 1.165) is 22.2 Å². The first-order valence-electron chi connectivity index (χ1n) is 7.22. The molecule has 22 heavy (non-hydrogen) atoms. The van der Waals surface area contributed by atoms with Crippen LogP contribution in [0.3, 0.4) is 0 Å². The average Bonchev–Trinajstić information content (AvgIpc) is 2.74. The number of imide groups is 1. The molecule has 1 unspecified atom stereocenters. The van der Waals surface area contributed by atoms with E-state index in [-0.39, 0.29) is 12.0 Å². The third-order valence-corrected chi connectivity index (χ3v) is 5.08. The number of nitrogens with one attached hydrogen (secondary N) is 1. The highest BCUT2D eigenvalue weighted by Gasteiger charge is 2.63. The normalized spacial score (nSPS) is 33.3. The topological polar surface area (TPSA) is 67.9 Å². The quantitative estimate of drug-likeness (QED) is 0.710. The van der Waals surface area contributed by atoms with Gasteiger partial charge in [0.15, 0.2) is 5.54 Å². The van der Waals surface area contributed by atoms with Crippen LogP contribution in [-0.2, 0) is 15.1 Å². The highest BCUT2D eigenvalue weighted by atomic mass is 79.9. The van der Waals surface area contributed by atoms with Gasteiger partial charge in [-0.1, -0.05) is 15.9 Å². The summed E-state index contributed by atoms with van der Waals surface area (Å²) in [5.41, 5.74) is -0.554. The Kier molecular flexibility index (Phi) is 2.99. The van der Waals surface area contributed by atoms with Crippen molar-refractivity contribution in [2.24, 2.45) is 0 Å². The Labute approximate surface area is 135 Å². The third-order valence-electron chi connectivity index (χ3n) is 4.59. The summed E-state index contributed by atoms with van der Waals surface area (Å²) in [7, 11) is 1.48. The maximum Gasteiger partial charge on any atom is 0.325 e. The smallest absolute Gasteiger partial charge is 0.325 e. The number of carbonyl (C=O) groups is 2. The van der Waals surface area contributed by atoms with Gasteiger partial charge in [-0.05, 0) is 31.0 Å². The van der Waals surface area contributed by atoms with E-state index in [2.05, 4.69) is 21.2 Å². The third kappa shape index (κ3) is 1.69. The lowest BCUT2D eigenvalue weighted by Crippen LogP contribution is -2.63. The second kappa shape index (κ2) is 4.70. The van der Waals surface area contributed by atoms with Gasteiger partial charge in [0.1, 0.15) is 18.0 Å². The van der Waals surface area contributed by atoms with Crippen LogP contribution in [0.15, 0.2) is 22.7 Å². The molecule has 0 saturated carbocycles. The van der Waals surface area contributed by atoms with Crippen molar-refractivity contribution < 1.29 is 19.1 Å². The van der Waals surface area contributed by atoms with Crippen LogP contribution >= 0.6 is 15.9 Å². The molecule has 3 aliphatic rings. The zero-order chi connectivity index (χ0) is 15.5. The Morgan fingerprint density at radius 2 is 2.23 bits per heavy atom. The number of hydrogen-bond donors (Lipinski definition) is 1. The first kappa shape index (κ1) is 14.0. The number of fused-ring (bicyclic) bond motifs is 4. The molecular formula is C15H15BrN2O4. The van der Waals surface area contributed by atoms with Gasteiger partial charge >= 0.3 is 6.03 Å². The van der Waals surface area contributed by atoms with Crippen LogP contribution in [-0.4, -0.2) is 42.7 Å². The number of carbonyl (C=O) groups excluding carboxylic acids is 2. The van der Waals surface area contributed by atoms with Crippen molar-refractivity contribution in [2.75, 3.05) is 13.7 Å². The van der Waals surface area contributed by atoms with E-state index in [9.17, 15) is 9.59 Å². The molecule has 3 atom stereocenters. The molecule has 1 aromatic carbocycles. The summed E-state index contributed by atoms with van der Waals surface area (Å²) in [6, 6.07) is 5.09. The molecule has 3 aliphatic heterocycles. The lowest BCUT2D eigenvalue weighted by molar-refractivity contribution is -0.153. The zero-order valence-electron chi connectivity index (χ0n) is 12.0. The predicted octanol–water partition coefficient (Wildman–Crippen LogP) is 1.77. The van der Waals surface area contributed by atoms with E-state index >= 15 is 0 Å². The minimum absolute atomic E-state index is 0.238. The van der Waals surface area contributed by atoms with Crippen molar-refractivity contribution in [3.63, 3.8) is 0 Å². The van der Waals surface area contributed by atoms with Gasteiger partial charge in [-0.15, -0.1) is 0 Å². The molecule has 0 aromatic heterocycles. The monoisotopic (exact) mass is 366 g/mol. The molecule has 1 N–H and O–H groups in total. The van der Waals surface area contributed by atoms with Crippen LogP contribution in [0.2, 0.25) is 0 Å². The van der Waals surface area contributed by atoms with Crippen LogP contribution in [0.1, 0.15) is 18.4 Å². The van der Waals surface area contributed by atoms with Crippen molar-refractivity contribution in [2.45, 2.75) is 30.6 Å². The molecule has 6 nitrogen and oxygen atoms in total. The van der Waals surface area contributed by atoms with E-state index in [4.69, 9.17) is 9.47 Å². The number of hydrogen-bond acceptors (Lipinski definition) is 4. The minimum atomic E-state index is -1.20. The Hall–Kier alpha value is -1.60. The molecule has 1 aromatic rings. The summed E-state index contributed by atoms with van der Waals surface area (Å²) in [6.07, 6.45) is 0.929. The average molecular weight is 367 g/mol. The highest BCUT2D eigenvalue weighted by Crippen LogP contribution is 2.47. The van der Waals surface area contributed by atoms with Crippen molar-refractivity contribution >= 4 is 27.9 Å². The van der Waals surface area contributed by atoms with Gasteiger partial charge in [-0.2, -0.15) is 0 Å². The second-order valence-electron chi connectivity index (χ2n) is 5.83. The van der Waals surface area contributed by atoms with Crippen LogP contribution in [0.4, 0.5) is 4.79 Å². The Bertz CT molecular complexity index is 680. The maximum absolute atomic E-state index is 12.9. The molecule has 0 bridgehead atoms. The van der Waals surface area contributed by atoms with E-state index in [1.165, 1.54) is 7.05 Å². The molecule has 4 rings (SSSR count). The number of halogens is 1. The molecular weight excluding hydrogens is 352 g/mol. The Balaban J connectivity index is 1.95. The second-order valence-corrected chi connectivity index (χ2v) is 6.75. The summed E-state index contributed by atoms with van der Waals surface area (Å²) < 4.78 is 12.7. The van der Waals surface area contributed by atoms with Crippen LogP contribution in [0.25, 0.3) is 0 Å². The summed E-state index contributed by atoms with van der Waals surface area (Å²) in [5, 5.41) is 2.86. The minimum Gasteiger partial charge on any atom is -0.487 e. The van der Waals surface area contributed by atoms with Crippen LogP contribution < -0.4 is 10.1 Å². The van der Waals surface area contributed by atoms with Gasteiger partial charge in [0, 0.05) is 23.7 Å². The lowest BCUT2D eigenvalue weighted by atomic mass is 9.77. The van der Waals surface area contributed by atoms with E-state index < -0.39 is 17.7 Å². The number of nitrogens with zero attached hydrogens (tertiary/aromatic N) is 1. The Morgan fingerprint density at radius 1 is 1.41 bits per heavy atom. The largest absolute Gasteiger partial charge is 0.487 e. The maximum atomic E-state index is 12.9. The number of ether oxygens (including phenoxy) is 2. The molecule has 2 saturated heterocycles. The van der Waals surface area contributed by atoms with E-state index in [1.54, 1.807) is 0 Å². The van der Waals surface area contributed by atoms with Crippen LogP contribution in [0.5, 0.6) is 5.75 Å². The van der Waals surface area contributed by atoms with Gasteiger partial charge in [0.25, 0.3) is 5.91 Å². The van der Waals surface area contributed by atoms with Gasteiger partial charge in [0.05, 0.1) is 0 Å². The highest BCUT2D eigenvalue weighted by molar-refractivity contribution is 9.10. The molecule has 1 spiro atoms. The fourth-order valence-electron chi connectivity index (χ4n) is 3.55. The predicted molar refractivity (Wildman–Crippen MR) is 80.5 cm³/mol. The molecule has 3 amide bonds.